The van der Waals surface area contributed by atoms with E-state index in [9.17, 15) is 14.9 Å². The van der Waals surface area contributed by atoms with Gasteiger partial charge < -0.3 is 10.6 Å². The van der Waals surface area contributed by atoms with E-state index in [4.69, 9.17) is 0 Å². The molecule has 0 bridgehead atoms. The maximum atomic E-state index is 12.1. The van der Waals surface area contributed by atoms with Crippen LogP contribution in [0.25, 0.3) is 0 Å². The fourth-order valence-electron chi connectivity index (χ4n) is 2.30. The molecule has 1 aliphatic rings. The molecule has 0 radical (unpaired) electrons. The lowest BCUT2D eigenvalue weighted by Gasteiger charge is -2.14. The van der Waals surface area contributed by atoms with Crippen molar-refractivity contribution in [2.75, 3.05) is 19.6 Å². The predicted octanol–water partition coefficient (Wildman–Crippen LogP) is 2.23. The van der Waals surface area contributed by atoms with Gasteiger partial charge in [0, 0.05) is 30.3 Å². The van der Waals surface area contributed by atoms with Gasteiger partial charge in [-0.05, 0) is 25.5 Å². The number of aryl methyl sites for hydroxylation is 1. The predicted molar refractivity (Wildman–Crippen MR) is 87.6 cm³/mol. The Morgan fingerprint density at radius 3 is 2.82 bits per heavy atom. The highest BCUT2D eigenvalue weighted by molar-refractivity contribution is 5.95. The van der Waals surface area contributed by atoms with Gasteiger partial charge >= 0.3 is 0 Å². The van der Waals surface area contributed by atoms with Gasteiger partial charge in [-0.3, -0.25) is 14.9 Å². The van der Waals surface area contributed by atoms with Crippen LogP contribution in [-0.4, -0.2) is 30.5 Å². The molecule has 0 fully saturated rings. The van der Waals surface area contributed by atoms with Crippen LogP contribution < -0.4 is 10.6 Å². The number of hydrogen-bond acceptors (Lipinski definition) is 4. The molecule has 22 heavy (non-hydrogen) atoms. The van der Waals surface area contributed by atoms with E-state index in [1.54, 1.807) is 12.1 Å². The van der Waals surface area contributed by atoms with E-state index in [0.717, 1.165) is 19.5 Å². The molecule has 6 nitrogen and oxygen atoms in total. The first-order valence-electron chi connectivity index (χ1n) is 7.06. The lowest BCUT2D eigenvalue weighted by molar-refractivity contribution is -0.385. The van der Waals surface area contributed by atoms with E-state index in [-0.39, 0.29) is 24.0 Å². The van der Waals surface area contributed by atoms with Crippen LogP contribution in [0.15, 0.2) is 29.8 Å². The molecule has 1 aliphatic heterocycles. The number of amides is 1. The Kier molecular flexibility index (Phi) is 7.01. The molecule has 0 atom stereocenters. The van der Waals surface area contributed by atoms with E-state index in [1.807, 2.05) is 6.92 Å². The number of nitrogens with zero attached hydrogens (tertiary/aromatic N) is 1. The van der Waals surface area contributed by atoms with E-state index >= 15 is 0 Å². The number of nitrogens with one attached hydrogen (secondary N) is 2. The smallest absolute Gasteiger partial charge is 0.273 e. The molecule has 0 saturated heterocycles. The third-order valence-corrected chi connectivity index (χ3v) is 3.56. The number of hydrogen-bond donors (Lipinski definition) is 2. The first-order valence-corrected chi connectivity index (χ1v) is 7.06. The van der Waals surface area contributed by atoms with Crippen LogP contribution in [0, 0.1) is 10.1 Å². The Labute approximate surface area is 135 Å². The molecule has 0 spiro atoms. The van der Waals surface area contributed by atoms with E-state index in [1.165, 1.54) is 11.6 Å². The molecule has 0 saturated carbocycles. The molecule has 1 amide bonds. The van der Waals surface area contributed by atoms with Crippen molar-refractivity contribution in [2.45, 2.75) is 19.8 Å². The number of carbonyl (C=O) groups excluding carboxylic acids is 1. The summed E-state index contributed by atoms with van der Waals surface area (Å²) in [5.41, 5.74) is 2.15. The van der Waals surface area contributed by atoms with Crippen LogP contribution in [0.1, 0.15) is 29.3 Å². The number of halogens is 1. The second kappa shape index (κ2) is 8.51. The molecule has 1 heterocycles. The Morgan fingerprint density at radius 2 is 2.23 bits per heavy atom. The van der Waals surface area contributed by atoms with Crippen LogP contribution in [0.4, 0.5) is 5.69 Å². The summed E-state index contributed by atoms with van der Waals surface area (Å²) in [7, 11) is 0. The lowest BCUT2D eigenvalue weighted by Crippen LogP contribution is -2.29. The lowest BCUT2D eigenvalue weighted by atomic mass is 10.1. The van der Waals surface area contributed by atoms with Gasteiger partial charge in [0.2, 0.25) is 0 Å². The second-order valence-electron chi connectivity index (χ2n) is 4.95. The molecular weight excluding hydrogens is 306 g/mol. The van der Waals surface area contributed by atoms with Crippen molar-refractivity contribution in [3.63, 3.8) is 0 Å². The molecule has 0 unspecified atom stereocenters. The van der Waals surface area contributed by atoms with Gasteiger partial charge in [-0.1, -0.05) is 24.6 Å². The largest absolute Gasteiger partial charge is 0.348 e. The van der Waals surface area contributed by atoms with Crippen LogP contribution >= 0.6 is 12.4 Å². The SMILES string of the molecule is CCc1ccc(C(=O)NCC2=CCNCC2)cc1[N+](=O)[O-].Cl. The molecule has 0 aliphatic carbocycles. The average molecular weight is 326 g/mol. The molecular formula is C15H20ClN3O3. The summed E-state index contributed by atoms with van der Waals surface area (Å²) in [6.07, 6.45) is 3.54. The van der Waals surface area contributed by atoms with Crippen molar-refractivity contribution in [2.24, 2.45) is 0 Å². The number of benzene rings is 1. The average Bonchev–Trinajstić information content (AvgIpc) is 2.52. The zero-order valence-corrected chi connectivity index (χ0v) is 13.2. The quantitative estimate of drug-likeness (QED) is 0.494. The topological polar surface area (TPSA) is 84.3 Å². The van der Waals surface area contributed by atoms with Crippen molar-refractivity contribution in [1.29, 1.82) is 0 Å². The number of nitro groups is 1. The van der Waals surface area contributed by atoms with Crippen molar-refractivity contribution >= 4 is 24.0 Å². The number of rotatable bonds is 5. The summed E-state index contributed by atoms with van der Waals surface area (Å²) < 4.78 is 0. The fraction of sp³-hybridized carbons (Fsp3) is 0.400. The van der Waals surface area contributed by atoms with Gasteiger partial charge in [0.05, 0.1) is 4.92 Å². The first kappa shape index (κ1) is 18.1. The highest BCUT2D eigenvalue weighted by Gasteiger charge is 2.16. The summed E-state index contributed by atoms with van der Waals surface area (Å²) >= 11 is 0. The van der Waals surface area contributed by atoms with Gasteiger partial charge in [-0.15, -0.1) is 12.4 Å². The second-order valence-corrected chi connectivity index (χ2v) is 4.95. The highest BCUT2D eigenvalue weighted by Crippen LogP contribution is 2.20. The summed E-state index contributed by atoms with van der Waals surface area (Å²) in [5, 5.41) is 17.0. The van der Waals surface area contributed by atoms with E-state index < -0.39 is 4.92 Å². The van der Waals surface area contributed by atoms with Gasteiger partial charge in [0.15, 0.2) is 0 Å². The maximum absolute atomic E-state index is 12.1. The van der Waals surface area contributed by atoms with Gasteiger partial charge in [-0.2, -0.15) is 0 Å². The first-order chi connectivity index (χ1) is 10.1. The van der Waals surface area contributed by atoms with E-state index in [2.05, 4.69) is 16.7 Å². The minimum atomic E-state index is -0.440. The summed E-state index contributed by atoms with van der Waals surface area (Å²) in [5.74, 6) is -0.278. The normalized spacial score (nSPS) is 13.8. The number of nitro benzene ring substituents is 1. The molecule has 2 N–H and O–H groups in total. The van der Waals surface area contributed by atoms with Gasteiger partial charge in [0.1, 0.15) is 0 Å². The monoisotopic (exact) mass is 325 g/mol. The molecule has 0 aromatic heterocycles. The van der Waals surface area contributed by atoms with Crippen molar-refractivity contribution < 1.29 is 9.72 Å². The van der Waals surface area contributed by atoms with Crippen molar-refractivity contribution in [3.05, 3.63) is 51.1 Å². The summed E-state index contributed by atoms with van der Waals surface area (Å²) in [4.78, 5) is 22.7. The molecule has 120 valence electrons. The van der Waals surface area contributed by atoms with Crippen LogP contribution in [0.3, 0.4) is 0 Å². The van der Waals surface area contributed by atoms with Crippen molar-refractivity contribution in [1.82, 2.24) is 10.6 Å². The van der Waals surface area contributed by atoms with Crippen LogP contribution in [-0.2, 0) is 6.42 Å². The summed E-state index contributed by atoms with van der Waals surface area (Å²) in [6, 6.07) is 4.64. The zero-order chi connectivity index (χ0) is 15.2. The third kappa shape index (κ3) is 4.54. The zero-order valence-electron chi connectivity index (χ0n) is 12.4. The third-order valence-electron chi connectivity index (χ3n) is 3.56. The molecule has 7 heteroatoms. The standard InChI is InChI=1S/C15H19N3O3.ClH/c1-2-12-3-4-13(9-14(12)18(20)21)15(19)17-10-11-5-7-16-8-6-11;/h3-5,9,16H,2,6-8,10H2,1H3,(H,17,19);1H. The van der Waals surface area contributed by atoms with E-state index in [0.29, 0.717) is 24.1 Å². The Hall–Kier alpha value is -1.92. The highest BCUT2D eigenvalue weighted by atomic mass is 35.5. The minimum absolute atomic E-state index is 0. The van der Waals surface area contributed by atoms with Crippen LogP contribution in [0.5, 0.6) is 0 Å². The molecule has 1 aromatic rings. The maximum Gasteiger partial charge on any atom is 0.273 e. The Balaban J connectivity index is 0.00000242. The minimum Gasteiger partial charge on any atom is -0.348 e. The molecule has 2 rings (SSSR count). The number of carbonyl (C=O) groups is 1. The fourth-order valence-corrected chi connectivity index (χ4v) is 2.30. The van der Waals surface area contributed by atoms with Crippen molar-refractivity contribution in [3.8, 4) is 0 Å². The van der Waals surface area contributed by atoms with Gasteiger partial charge in [-0.25, -0.2) is 0 Å². The van der Waals surface area contributed by atoms with Crippen LogP contribution in [0.2, 0.25) is 0 Å². The Morgan fingerprint density at radius 1 is 1.45 bits per heavy atom. The molecule has 1 aromatic carbocycles. The Bertz CT molecular complexity index is 587. The van der Waals surface area contributed by atoms with Gasteiger partial charge in [0.25, 0.3) is 11.6 Å². The summed E-state index contributed by atoms with van der Waals surface area (Å²) in [6.45, 7) is 4.08.